The van der Waals surface area contributed by atoms with Crippen molar-refractivity contribution >= 4 is 11.8 Å². The van der Waals surface area contributed by atoms with Crippen LogP contribution in [0.4, 0.5) is 0 Å². The summed E-state index contributed by atoms with van der Waals surface area (Å²) in [4.78, 5) is 28.1. The van der Waals surface area contributed by atoms with Crippen LogP contribution in [-0.2, 0) is 22.6 Å². The summed E-state index contributed by atoms with van der Waals surface area (Å²) < 4.78 is 0. The fourth-order valence-corrected chi connectivity index (χ4v) is 4.22. The summed E-state index contributed by atoms with van der Waals surface area (Å²) in [6.07, 6.45) is 5.95. The third kappa shape index (κ3) is 5.94. The van der Waals surface area contributed by atoms with Gasteiger partial charge in [0, 0.05) is 12.6 Å². The molecule has 2 aromatic carbocycles. The van der Waals surface area contributed by atoms with Crippen molar-refractivity contribution in [2.45, 2.75) is 77.9 Å². The summed E-state index contributed by atoms with van der Waals surface area (Å²) in [5.41, 5.74) is 4.32. The average Bonchev–Trinajstić information content (AvgIpc) is 2.73. The normalized spacial score (nSPS) is 15.4. The standard InChI is InChI=1S/C26H34N2O2/c1-19-10-9-12-22(16-19)17-25(29)28(18-23-13-8-7-11-20(23)2)21(3)26(30)27-24-14-5-4-6-15-24/h7-13,16,21,24H,4-6,14-15,17-18H2,1-3H3,(H,27,30)/t21-/m0/s1. The summed E-state index contributed by atoms with van der Waals surface area (Å²) in [5.74, 6) is -0.0665. The van der Waals surface area contributed by atoms with Gasteiger partial charge in [0.2, 0.25) is 11.8 Å². The predicted octanol–water partition coefficient (Wildman–Crippen LogP) is 4.71. The maximum atomic E-state index is 13.3. The van der Waals surface area contributed by atoms with E-state index >= 15 is 0 Å². The van der Waals surface area contributed by atoms with E-state index in [0.29, 0.717) is 13.0 Å². The molecule has 4 nitrogen and oxygen atoms in total. The van der Waals surface area contributed by atoms with Crippen LogP contribution in [0.15, 0.2) is 48.5 Å². The Balaban J connectivity index is 1.77. The number of aryl methyl sites for hydroxylation is 2. The molecule has 2 aromatic rings. The maximum absolute atomic E-state index is 13.3. The molecule has 0 spiro atoms. The highest BCUT2D eigenvalue weighted by Gasteiger charge is 2.28. The molecule has 1 saturated carbocycles. The minimum Gasteiger partial charge on any atom is -0.352 e. The first-order valence-corrected chi connectivity index (χ1v) is 11.1. The van der Waals surface area contributed by atoms with Gasteiger partial charge in [-0.2, -0.15) is 0 Å². The lowest BCUT2D eigenvalue weighted by atomic mass is 9.95. The molecule has 0 heterocycles. The second-order valence-corrected chi connectivity index (χ2v) is 8.63. The zero-order chi connectivity index (χ0) is 21.5. The number of nitrogens with zero attached hydrogens (tertiary/aromatic N) is 1. The number of amides is 2. The summed E-state index contributed by atoms with van der Waals surface area (Å²) in [7, 11) is 0. The molecule has 1 aliphatic carbocycles. The van der Waals surface area contributed by atoms with E-state index in [1.54, 1.807) is 4.90 Å². The van der Waals surface area contributed by atoms with Crippen LogP contribution in [-0.4, -0.2) is 28.8 Å². The first kappa shape index (κ1) is 22.1. The van der Waals surface area contributed by atoms with Crippen molar-refractivity contribution in [2.24, 2.45) is 0 Å². The molecule has 4 heteroatoms. The summed E-state index contributed by atoms with van der Waals surface area (Å²) in [6, 6.07) is 15.8. The quantitative estimate of drug-likeness (QED) is 0.724. The van der Waals surface area contributed by atoms with Crippen molar-refractivity contribution < 1.29 is 9.59 Å². The smallest absolute Gasteiger partial charge is 0.242 e. The topological polar surface area (TPSA) is 49.4 Å². The van der Waals surface area contributed by atoms with Gasteiger partial charge in [-0.25, -0.2) is 0 Å². The molecule has 0 aliphatic heterocycles. The van der Waals surface area contributed by atoms with Crippen molar-refractivity contribution in [1.82, 2.24) is 10.2 Å². The Bertz CT molecular complexity index is 871. The third-order valence-corrected chi connectivity index (χ3v) is 6.16. The highest BCUT2D eigenvalue weighted by atomic mass is 16.2. The number of carbonyl (C=O) groups excluding carboxylic acids is 2. The van der Waals surface area contributed by atoms with Crippen molar-refractivity contribution in [3.8, 4) is 0 Å². The molecule has 3 rings (SSSR count). The molecule has 0 bridgehead atoms. The van der Waals surface area contributed by atoms with E-state index in [1.165, 1.54) is 19.3 Å². The van der Waals surface area contributed by atoms with Gasteiger partial charge in [-0.1, -0.05) is 73.4 Å². The second-order valence-electron chi connectivity index (χ2n) is 8.63. The molecule has 0 aromatic heterocycles. The lowest BCUT2D eigenvalue weighted by Crippen LogP contribution is -2.50. The van der Waals surface area contributed by atoms with Crippen LogP contribution in [0.2, 0.25) is 0 Å². The van der Waals surface area contributed by atoms with E-state index in [2.05, 4.69) is 5.32 Å². The van der Waals surface area contributed by atoms with E-state index < -0.39 is 6.04 Å². The second kappa shape index (κ2) is 10.4. The summed E-state index contributed by atoms with van der Waals surface area (Å²) >= 11 is 0. The van der Waals surface area contributed by atoms with Crippen molar-refractivity contribution in [1.29, 1.82) is 0 Å². The predicted molar refractivity (Wildman–Crippen MR) is 121 cm³/mol. The third-order valence-electron chi connectivity index (χ3n) is 6.16. The average molecular weight is 407 g/mol. The lowest BCUT2D eigenvalue weighted by Gasteiger charge is -2.31. The van der Waals surface area contributed by atoms with Crippen molar-refractivity contribution in [3.63, 3.8) is 0 Å². The van der Waals surface area contributed by atoms with Gasteiger partial charge < -0.3 is 10.2 Å². The molecule has 1 N–H and O–H groups in total. The monoisotopic (exact) mass is 406 g/mol. The largest absolute Gasteiger partial charge is 0.352 e. The van der Waals surface area contributed by atoms with Gasteiger partial charge in [-0.3, -0.25) is 9.59 Å². The Morgan fingerprint density at radius 1 is 1.03 bits per heavy atom. The Hall–Kier alpha value is -2.62. The van der Waals surface area contributed by atoms with Crippen LogP contribution < -0.4 is 5.32 Å². The number of hydrogen-bond donors (Lipinski definition) is 1. The highest BCUT2D eigenvalue weighted by molar-refractivity contribution is 5.88. The number of rotatable bonds is 7. The Morgan fingerprint density at radius 3 is 2.47 bits per heavy atom. The van der Waals surface area contributed by atoms with Crippen LogP contribution in [0.3, 0.4) is 0 Å². The Morgan fingerprint density at radius 2 is 1.77 bits per heavy atom. The molecule has 0 radical (unpaired) electrons. The maximum Gasteiger partial charge on any atom is 0.242 e. The first-order chi connectivity index (χ1) is 14.4. The fourth-order valence-electron chi connectivity index (χ4n) is 4.22. The molecule has 2 amide bonds. The zero-order valence-electron chi connectivity index (χ0n) is 18.5. The van der Waals surface area contributed by atoms with Gasteiger partial charge >= 0.3 is 0 Å². The molecule has 1 aliphatic rings. The van der Waals surface area contributed by atoms with Crippen molar-refractivity contribution in [3.05, 3.63) is 70.8 Å². The zero-order valence-corrected chi connectivity index (χ0v) is 18.5. The molecular weight excluding hydrogens is 372 g/mol. The molecule has 30 heavy (non-hydrogen) atoms. The SMILES string of the molecule is Cc1cccc(CC(=O)N(Cc2ccccc2C)[C@@H](C)C(=O)NC2CCCCC2)c1. The molecule has 1 fully saturated rings. The van der Waals surface area contributed by atoms with Gasteiger partial charge in [0.15, 0.2) is 0 Å². The number of carbonyl (C=O) groups is 2. The number of hydrogen-bond acceptors (Lipinski definition) is 2. The van der Waals surface area contributed by atoms with Gasteiger partial charge in [0.1, 0.15) is 6.04 Å². The fraction of sp³-hybridized carbons (Fsp3) is 0.462. The molecule has 1 atom stereocenters. The van der Waals surface area contributed by atoms with E-state index in [1.807, 2.05) is 69.3 Å². The molecular formula is C26H34N2O2. The van der Waals surface area contributed by atoms with Gasteiger partial charge in [-0.15, -0.1) is 0 Å². The first-order valence-electron chi connectivity index (χ1n) is 11.1. The number of benzene rings is 2. The summed E-state index contributed by atoms with van der Waals surface area (Å²) in [5, 5.41) is 3.19. The van der Waals surface area contributed by atoms with Crippen LogP contribution in [0.25, 0.3) is 0 Å². The van der Waals surface area contributed by atoms with E-state index in [4.69, 9.17) is 0 Å². The van der Waals surface area contributed by atoms with E-state index in [9.17, 15) is 9.59 Å². The minimum atomic E-state index is -0.510. The van der Waals surface area contributed by atoms with Crippen LogP contribution in [0, 0.1) is 13.8 Å². The minimum absolute atomic E-state index is 0.0184. The Kier molecular flexibility index (Phi) is 7.67. The molecule has 0 unspecified atom stereocenters. The van der Waals surface area contributed by atoms with Gasteiger partial charge in [0.25, 0.3) is 0 Å². The van der Waals surface area contributed by atoms with Crippen LogP contribution in [0.5, 0.6) is 0 Å². The van der Waals surface area contributed by atoms with Gasteiger partial charge in [-0.05, 0) is 50.3 Å². The summed E-state index contributed by atoms with van der Waals surface area (Å²) in [6.45, 7) is 6.37. The van der Waals surface area contributed by atoms with Crippen LogP contribution in [0.1, 0.15) is 61.3 Å². The van der Waals surface area contributed by atoms with E-state index in [-0.39, 0.29) is 17.9 Å². The van der Waals surface area contributed by atoms with Crippen molar-refractivity contribution in [2.75, 3.05) is 0 Å². The molecule has 160 valence electrons. The van der Waals surface area contributed by atoms with Crippen LogP contribution >= 0.6 is 0 Å². The Labute approximate surface area is 180 Å². The molecule has 0 saturated heterocycles. The number of nitrogens with one attached hydrogen (secondary N) is 1. The van der Waals surface area contributed by atoms with E-state index in [0.717, 1.165) is 35.1 Å². The van der Waals surface area contributed by atoms with Gasteiger partial charge in [0.05, 0.1) is 6.42 Å². The lowest BCUT2D eigenvalue weighted by molar-refractivity contribution is -0.140. The highest BCUT2D eigenvalue weighted by Crippen LogP contribution is 2.19.